The summed E-state index contributed by atoms with van der Waals surface area (Å²) >= 11 is 0. The van der Waals surface area contributed by atoms with Crippen LogP contribution in [-0.2, 0) is 0 Å². The SMILES string of the molecule is c1ccc(-c2nc(-c3ccccc3)nc(-n3c4ccccc4c4c5oc6ccccc6c5c5c(c6ccccc6n5-c5ccccc5)c43)n2)cc1. The third kappa shape index (κ3) is 4.01. The Kier molecular flexibility index (Phi) is 5.86. The zero-order chi connectivity index (χ0) is 33.5. The van der Waals surface area contributed by atoms with Crippen LogP contribution in [0.1, 0.15) is 0 Å². The number of benzene rings is 7. The Bertz CT molecular complexity index is 3060. The molecule has 0 aliphatic rings. The molecule has 4 aromatic heterocycles. The Labute approximate surface area is 291 Å². The highest BCUT2D eigenvalue weighted by atomic mass is 16.3. The smallest absolute Gasteiger partial charge is 0.238 e. The molecule has 0 aliphatic carbocycles. The Morgan fingerprint density at radius 2 is 0.863 bits per heavy atom. The molecule has 11 rings (SSSR count). The van der Waals surface area contributed by atoms with E-state index in [2.05, 4.69) is 106 Å². The van der Waals surface area contributed by atoms with Crippen molar-refractivity contribution in [1.82, 2.24) is 24.1 Å². The van der Waals surface area contributed by atoms with Crippen molar-refractivity contribution >= 4 is 65.6 Å². The van der Waals surface area contributed by atoms with Crippen LogP contribution in [0.25, 0.3) is 100.0 Å². The zero-order valence-corrected chi connectivity index (χ0v) is 27.2. The normalized spacial score (nSPS) is 11.9. The van der Waals surface area contributed by atoms with Crippen LogP contribution < -0.4 is 0 Å². The number of furan rings is 1. The highest BCUT2D eigenvalue weighted by molar-refractivity contribution is 6.39. The van der Waals surface area contributed by atoms with Gasteiger partial charge in [-0.2, -0.15) is 9.97 Å². The van der Waals surface area contributed by atoms with Crippen molar-refractivity contribution in [3.8, 4) is 34.4 Å². The van der Waals surface area contributed by atoms with Crippen LogP contribution >= 0.6 is 0 Å². The average Bonchev–Trinajstić information content (AvgIpc) is 3.87. The molecule has 4 heterocycles. The van der Waals surface area contributed by atoms with E-state index >= 15 is 0 Å². The number of nitrogens with zero attached hydrogens (tertiary/aromatic N) is 5. The van der Waals surface area contributed by atoms with Gasteiger partial charge in [-0.15, -0.1) is 0 Å². The summed E-state index contributed by atoms with van der Waals surface area (Å²) < 4.78 is 11.5. The zero-order valence-electron chi connectivity index (χ0n) is 27.2. The minimum absolute atomic E-state index is 0.544. The Morgan fingerprint density at radius 3 is 1.51 bits per heavy atom. The first-order valence-electron chi connectivity index (χ1n) is 17.1. The van der Waals surface area contributed by atoms with E-state index in [1.807, 2.05) is 66.7 Å². The lowest BCUT2D eigenvalue weighted by Gasteiger charge is -2.12. The van der Waals surface area contributed by atoms with Gasteiger partial charge < -0.3 is 8.98 Å². The van der Waals surface area contributed by atoms with Gasteiger partial charge in [0, 0.05) is 38.4 Å². The van der Waals surface area contributed by atoms with Crippen molar-refractivity contribution in [3.05, 3.63) is 164 Å². The molecule has 6 nitrogen and oxygen atoms in total. The van der Waals surface area contributed by atoms with Crippen LogP contribution in [-0.4, -0.2) is 24.1 Å². The van der Waals surface area contributed by atoms with Crippen molar-refractivity contribution in [2.45, 2.75) is 0 Å². The highest BCUT2D eigenvalue weighted by Gasteiger charge is 2.28. The number of hydrogen-bond donors (Lipinski definition) is 0. The van der Waals surface area contributed by atoms with Gasteiger partial charge in [0.15, 0.2) is 11.6 Å². The monoisotopic (exact) mass is 653 g/mol. The predicted molar refractivity (Wildman–Crippen MR) is 207 cm³/mol. The lowest BCUT2D eigenvalue weighted by atomic mass is 10.0. The van der Waals surface area contributed by atoms with Gasteiger partial charge in [0.05, 0.1) is 32.8 Å². The summed E-state index contributed by atoms with van der Waals surface area (Å²) in [4.78, 5) is 15.5. The topological polar surface area (TPSA) is 61.7 Å². The second-order valence-corrected chi connectivity index (χ2v) is 12.8. The maximum Gasteiger partial charge on any atom is 0.238 e. The van der Waals surface area contributed by atoms with Crippen LogP contribution in [0.5, 0.6) is 0 Å². The summed E-state index contributed by atoms with van der Waals surface area (Å²) in [7, 11) is 0. The van der Waals surface area contributed by atoms with Crippen molar-refractivity contribution in [2.24, 2.45) is 0 Å². The first-order valence-corrected chi connectivity index (χ1v) is 17.1. The minimum Gasteiger partial charge on any atom is -0.455 e. The summed E-state index contributed by atoms with van der Waals surface area (Å²) in [5.41, 5.74) is 8.79. The fraction of sp³-hybridized carbons (Fsp3) is 0. The molecule has 0 amide bonds. The molecule has 0 radical (unpaired) electrons. The number of fused-ring (bicyclic) bond motifs is 12. The Hall–Kier alpha value is -7.05. The third-order valence-electron chi connectivity index (χ3n) is 9.95. The van der Waals surface area contributed by atoms with E-state index in [0.29, 0.717) is 17.6 Å². The summed E-state index contributed by atoms with van der Waals surface area (Å²) in [5.74, 6) is 1.76. The van der Waals surface area contributed by atoms with Crippen molar-refractivity contribution < 1.29 is 4.42 Å². The lowest BCUT2D eigenvalue weighted by molar-refractivity contribution is 0.673. The molecule has 11 aromatic rings. The molecule has 238 valence electrons. The fourth-order valence-corrected chi connectivity index (χ4v) is 7.83. The van der Waals surface area contributed by atoms with Gasteiger partial charge in [0.2, 0.25) is 5.95 Å². The van der Waals surface area contributed by atoms with Crippen LogP contribution in [0.2, 0.25) is 0 Å². The van der Waals surface area contributed by atoms with Gasteiger partial charge in [-0.05, 0) is 30.3 Å². The van der Waals surface area contributed by atoms with Gasteiger partial charge >= 0.3 is 0 Å². The molecule has 0 saturated carbocycles. The van der Waals surface area contributed by atoms with Crippen LogP contribution in [0, 0.1) is 0 Å². The number of para-hydroxylation sites is 4. The van der Waals surface area contributed by atoms with Gasteiger partial charge in [-0.1, -0.05) is 133 Å². The van der Waals surface area contributed by atoms with Crippen molar-refractivity contribution in [2.75, 3.05) is 0 Å². The molecule has 0 fully saturated rings. The maximum absolute atomic E-state index is 6.92. The molecular weight excluding hydrogens is 627 g/mol. The number of aromatic nitrogens is 5. The van der Waals surface area contributed by atoms with E-state index in [1.165, 1.54) is 0 Å². The molecule has 0 atom stereocenters. The van der Waals surface area contributed by atoms with Crippen molar-refractivity contribution in [1.29, 1.82) is 0 Å². The fourth-order valence-electron chi connectivity index (χ4n) is 7.83. The van der Waals surface area contributed by atoms with Crippen molar-refractivity contribution in [3.63, 3.8) is 0 Å². The third-order valence-corrected chi connectivity index (χ3v) is 9.95. The second-order valence-electron chi connectivity index (χ2n) is 12.8. The number of rotatable bonds is 4. The lowest BCUT2D eigenvalue weighted by Crippen LogP contribution is -2.06. The van der Waals surface area contributed by atoms with E-state index in [0.717, 1.165) is 82.4 Å². The van der Waals surface area contributed by atoms with E-state index in [9.17, 15) is 0 Å². The maximum atomic E-state index is 6.92. The highest BCUT2D eigenvalue weighted by Crippen LogP contribution is 2.49. The van der Waals surface area contributed by atoms with Gasteiger partial charge in [-0.3, -0.25) is 4.57 Å². The molecule has 0 saturated heterocycles. The molecule has 6 heteroatoms. The van der Waals surface area contributed by atoms with E-state index in [4.69, 9.17) is 19.4 Å². The largest absolute Gasteiger partial charge is 0.455 e. The minimum atomic E-state index is 0.544. The first-order chi connectivity index (χ1) is 25.3. The summed E-state index contributed by atoms with van der Waals surface area (Å²) in [6, 6.07) is 56.4. The summed E-state index contributed by atoms with van der Waals surface area (Å²) in [6.45, 7) is 0. The van der Waals surface area contributed by atoms with Crippen LogP contribution in [0.3, 0.4) is 0 Å². The molecule has 0 unspecified atom stereocenters. The van der Waals surface area contributed by atoms with Crippen LogP contribution in [0.15, 0.2) is 168 Å². The Balaban J connectivity index is 1.41. The van der Waals surface area contributed by atoms with E-state index < -0.39 is 0 Å². The standard InChI is InChI=1S/C45H27N5O/c1-4-16-28(17-5-1)43-46-44(29-18-6-2-7-19-29)48-45(47-43)50-35-26-14-11-23-32(35)38-41(50)37-31-22-10-13-25-34(31)49(30-20-8-3-9-21-30)40(37)39-33-24-12-15-27-36(33)51-42(38)39/h1-27H. The molecular formula is C45H27N5O. The summed E-state index contributed by atoms with van der Waals surface area (Å²) in [5, 5.41) is 6.51. The molecule has 0 bridgehead atoms. The van der Waals surface area contributed by atoms with E-state index in [1.54, 1.807) is 0 Å². The van der Waals surface area contributed by atoms with E-state index in [-0.39, 0.29) is 0 Å². The van der Waals surface area contributed by atoms with Gasteiger partial charge in [0.1, 0.15) is 11.2 Å². The number of hydrogen-bond acceptors (Lipinski definition) is 4. The van der Waals surface area contributed by atoms with Gasteiger partial charge in [0.25, 0.3) is 0 Å². The molecule has 0 N–H and O–H groups in total. The second kappa shape index (κ2) is 10.7. The van der Waals surface area contributed by atoms with Crippen LogP contribution in [0.4, 0.5) is 0 Å². The molecule has 0 aliphatic heterocycles. The molecule has 51 heavy (non-hydrogen) atoms. The quantitative estimate of drug-likeness (QED) is 0.190. The predicted octanol–water partition coefficient (Wildman–Crippen LogP) is 11.3. The molecule has 7 aromatic carbocycles. The van der Waals surface area contributed by atoms with Gasteiger partial charge in [-0.25, -0.2) is 4.98 Å². The molecule has 0 spiro atoms. The first kappa shape index (κ1) is 27.9. The average molecular weight is 654 g/mol. The summed E-state index contributed by atoms with van der Waals surface area (Å²) in [6.07, 6.45) is 0. The Morgan fingerprint density at radius 1 is 0.392 bits per heavy atom.